The predicted octanol–water partition coefficient (Wildman–Crippen LogP) is 3.26. The van der Waals surface area contributed by atoms with Gasteiger partial charge in [0, 0.05) is 16.6 Å². The van der Waals surface area contributed by atoms with Gasteiger partial charge in [-0.25, -0.2) is 9.59 Å². The van der Waals surface area contributed by atoms with Gasteiger partial charge in [-0.1, -0.05) is 28.8 Å². The van der Waals surface area contributed by atoms with Crippen molar-refractivity contribution in [1.82, 2.24) is 0 Å². The molecular formula is C16H15BrO4. The van der Waals surface area contributed by atoms with Crippen LogP contribution >= 0.6 is 15.9 Å². The van der Waals surface area contributed by atoms with Crippen molar-refractivity contribution in [2.24, 2.45) is 0 Å². The van der Waals surface area contributed by atoms with Crippen molar-refractivity contribution in [2.75, 3.05) is 0 Å². The zero-order chi connectivity index (χ0) is 15.7. The second kappa shape index (κ2) is 8.98. The highest BCUT2D eigenvalue weighted by molar-refractivity contribution is 9.10. The fourth-order valence-corrected chi connectivity index (χ4v) is 1.61. The standard InChI is InChI=1S/C16H15BrO4/c1-3-5-13(4-2)20-15(18)10-11-16(19)21-14-8-6-12(17)7-9-14/h6-11,13H,4H2,1-2H3/b11-10+. The van der Waals surface area contributed by atoms with Crippen LogP contribution in [0.4, 0.5) is 0 Å². The average Bonchev–Trinajstić information content (AvgIpc) is 2.47. The molecule has 0 saturated heterocycles. The average molecular weight is 351 g/mol. The molecule has 0 bridgehead atoms. The van der Waals surface area contributed by atoms with E-state index in [0.29, 0.717) is 12.2 Å². The van der Waals surface area contributed by atoms with E-state index in [4.69, 9.17) is 9.47 Å². The molecule has 0 aromatic heterocycles. The fourth-order valence-electron chi connectivity index (χ4n) is 1.34. The molecule has 0 spiro atoms. The van der Waals surface area contributed by atoms with E-state index in [9.17, 15) is 9.59 Å². The lowest BCUT2D eigenvalue weighted by Gasteiger charge is -2.07. The number of hydrogen-bond donors (Lipinski definition) is 0. The summed E-state index contributed by atoms with van der Waals surface area (Å²) in [5, 5.41) is 0. The molecule has 4 nitrogen and oxygen atoms in total. The highest BCUT2D eigenvalue weighted by Gasteiger charge is 2.08. The first-order valence-corrected chi connectivity index (χ1v) is 7.12. The lowest BCUT2D eigenvalue weighted by molar-refractivity contribution is -0.141. The molecule has 0 amide bonds. The number of halogens is 1. The number of carbonyl (C=O) groups is 2. The van der Waals surface area contributed by atoms with Crippen molar-refractivity contribution in [2.45, 2.75) is 26.4 Å². The first kappa shape index (κ1) is 17.0. The van der Waals surface area contributed by atoms with Crippen molar-refractivity contribution in [3.8, 4) is 17.6 Å². The first-order chi connectivity index (χ1) is 10.0. The van der Waals surface area contributed by atoms with Crippen LogP contribution in [0.1, 0.15) is 20.3 Å². The molecule has 1 atom stereocenters. The van der Waals surface area contributed by atoms with Crippen molar-refractivity contribution in [3.05, 3.63) is 40.9 Å². The second-order valence-electron chi connectivity index (χ2n) is 3.94. The van der Waals surface area contributed by atoms with E-state index in [1.54, 1.807) is 31.2 Å². The molecule has 1 aromatic rings. The Morgan fingerprint density at radius 1 is 1.24 bits per heavy atom. The van der Waals surface area contributed by atoms with Crippen LogP contribution in [0.25, 0.3) is 0 Å². The highest BCUT2D eigenvalue weighted by atomic mass is 79.9. The van der Waals surface area contributed by atoms with Crippen molar-refractivity contribution >= 4 is 27.9 Å². The van der Waals surface area contributed by atoms with Crippen molar-refractivity contribution in [1.29, 1.82) is 0 Å². The Hall–Kier alpha value is -2.06. The van der Waals surface area contributed by atoms with Gasteiger partial charge in [0.15, 0.2) is 6.10 Å². The quantitative estimate of drug-likeness (QED) is 0.354. The number of esters is 2. The number of ether oxygens (including phenoxy) is 2. The summed E-state index contributed by atoms with van der Waals surface area (Å²) in [5.41, 5.74) is 0. The molecule has 1 unspecified atom stereocenters. The molecule has 0 saturated carbocycles. The van der Waals surface area contributed by atoms with E-state index < -0.39 is 18.0 Å². The summed E-state index contributed by atoms with van der Waals surface area (Å²) in [6.45, 7) is 3.52. The predicted molar refractivity (Wildman–Crippen MR) is 82.5 cm³/mol. The Kier molecular flexibility index (Phi) is 7.27. The third-order valence-corrected chi connectivity index (χ3v) is 2.85. The van der Waals surface area contributed by atoms with E-state index in [0.717, 1.165) is 16.6 Å². The number of rotatable bonds is 5. The monoisotopic (exact) mass is 350 g/mol. The fraction of sp³-hybridized carbons (Fsp3) is 0.250. The third-order valence-electron chi connectivity index (χ3n) is 2.32. The van der Waals surface area contributed by atoms with Gasteiger partial charge in [0.1, 0.15) is 5.75 Å². The van der Waals surface area contributed by atoms with Crippen LogP contribution in [0.15, 0.2) is 40.9 Å². The molecular weight excluding hydrogens is 336 g/mol. The van der Waals surface area contributed by atoms with E-state index >= 15 is 0 Å². The molecule has 0 aliphatic heterocycles. The van der Waals surface area contributed by atoms with Gasteiger partial charge >= 0.3 is 11.9 Å². The molecule has 110 valence electrons. The minimum absolute atomic E-state index is 0.393. The Balaban J connectivity index is 2.50. The van der Waals surface area contributed by atoms with Gasteiger partial charge in [0.25, 0.3) is 0 Å². The normalized spacial score (nSPS) is 11.4. The molecule has 0 N–H and O–H groups in total. The molecule has 5 heteroatoms. The van der Waals surface area contributed by atoms with Gasteiger partial charge in [-0.2, -0.15) is 0 Å². The Morgan fingerprint density at radius 3 is 2.43 bits per heavy atom. The summed E-state index contributed by atoms with van der Waals surface area (Å²) >= 11 is 3.28. The van der Waals surface area contributed by atoms with E-state index in [-0.39, 0.29) is 0 Å². The maximum absolute atomic E-state index is 11.5. The van der Waals surface area contributed by atoms with Gasteiger partial charge in [-0.05, 0) is 37.6 Å². The smallest absolute Gasteiger partial charge is 0.336 e. The Bertz CT molecular complexity index is 579. The van der Waals surface area contributed by atoms with Crippen LogP contribution in [0.3, 0.4) is 0 Å². The first-order valence-electron chi connectivity index (χ1n) is 6.33. The van der Waals surface area contributed by atoms with Gasteiger partial charge < -0.3 is 9.47 Å². The van der Waals surface area contributed by atoms with E-state index in [1.807, 2.05) is 6.92 Å². The molecule has 0 fully saturated rings. The van der Waals surface area contributed by atoms with Gasteiger partial charge in [-0.15, -0.1) is 5.92 Å². The van der Waals surface area contributed by atoms with Crippen molar-refractivity contribution in [3.63, 3.8) is 0 Å². The van der Waals surface area contributed by atoms with E-state index in [2.05, 4.69) is 27.8 Å². The lowest BCUT2D eigenvalue weighted by Crippen LogP contribution is -2.14. The maximum Gasteiger partial charge on any atom is 0.336 e. The summed E-state index contributed by atoms with van der Waals surface area (Å²) in [7, 11) is 0. The van der Waals surface area contributed by atoms with Crippen LogP contribution < -0.4 is 4.74 Å². The molecule has 0 aliphatic carbocycles. The molecule has 1 aromatic carbocycles. The Labute approximate surface area is 132 Å². The van der Waals surface area contributed by atoms with Crippen molar-refractivity contribution < 1.29 is 19.1 Å². The highest BCUT2D eigenvalue weighted by Crippen LogP contribution is 2.16. The van der Waals surface area contributed by atoms with Gasteiger partial charge in [0.2, 0.25) is 0 Å². The zero-order valence-corrected chi connectivity index (χ0v) is 13.3. The topological polar surface area (TPSA) is 52.6 Å². The van der Waals surface area contributed by atoms with Gasteiger partial charge in [0.05, 0.1) is 0 Å². The van der Waals surface area contributed by atoms with Crippen LogP contribution in [0, 0.1) is 11.8 Å². The number of benzene rings is 1. The molecule has 1 rings (SSSR count). The van der Waals surface area contributed by atoms with E-state index in [1.165, 1.54) is 0 Å². The second-order valence-corrected chi connectivity index (χ2v) is 4.85. The summed E-state index contributed by atoms with van der Waals surface area (Å²) in [5.74, 6) is 4.54. The van der Waals surface area contributed by atoms with Crippen LogP contribution in [0.2, 0.25) is 0 Å². The Morgan fingerprint density at radius 2 is 1.86 bits per heavy atom. The molecule has 0 heterocycles. The summed E-state index contributed by atoms with van der Waals surface area (Å²) < 4.78 is 10.9. The number of hydrogen-bond acceptors (Lipinski definition) is 4. The number of carbonyl (C=O) groups excluding carboxylic acids is 2. The summed E-state index contributed by atoms with van der Waals surface area (Å²) in [6.07, 6.45) is 2.18. The van der Waals surface area contributed by atoms with Crippen LogP contribution in [0.5, 0.6) is 5.75 Å². The largest absolute Gasteiger partial charge is 0.446 e. The third kappa shape index (κ3) is 6.77. The summed E-state index contributed by atoms with van der Waals surface area (Å²) in [6, 6.07) is 6.77. The minimum Gasteiger partial charge on any atom is -0.446 e. The lowest BCUT2D eigenvalue weighted by atomic mass is 10.3. The zero-order valence-electron chi connectivity index (χ0n) is 11.8. The SMILES string of the molecule is CC#CC(CC)OC(=O)/C=C/C(=O)Oc1ccc(Br)cc1. The maximum atomic E-state index is 11.5. The summed E-state index contributed by atoms with van der Waals surface area (Å²) in [4.78, 5) is 23.0. The van der Waals surface area contributed by atoms with Gasteiger partial charge in [-0.3, -0.25) is 0 Å². The van der Waals surface area contributed by atoms with Crippen LogP contribution in [-0.4, -0.2) is 18.0 Å². The molecule has 0 radical (unpaired) electrons. The minimum atomic E-state index is -0.649. The molecule has 0 aliphatic rings. The molecule has 21 heavy (non-hydrogen) atoms. The van der Waals surface area contributed by atoms with Crippen LogP contribution in [-0.2, 0) is 14.3 Å².